The molecule has 1 aromatic rings. The number of benzene rings is 1. The van der Waals surface area contributed by atoms with Gasteiger partial charge in [-0.05, 0) is 37.0 Å². The normalized spacial score (nSPS) is 16.3. The van der Waals surface area contributed by atoms with E-state index in [1.807, 2.05) is 0 Å². The third-order valence-corrected chi connectivity index (χ3v) is 6.03. The Balaban J connectivity index is 0.00000338. The van der Waals surface area contributed by atoms with Crippen LogP contribution in [0.25, 0.3) is 0 Å². The average molecular weight is 402 g/mol. The minimum Gasteiger partial charge on any atom is -0.348 e. The fourth-order valence-electron chi connectivity index (χ4n) is 3.21. The molecule has 8 heteroatoms. The first kappa shape index (κ1) is 22.6. The van der Waals surface area contributed by atoms with Crippen molar-refractivity contribution in [2.75, 3.05) is 13.1 Å². The van der Waals surface area contributed by atoms with E-state index in [0.717, 1.165) is 12.8 Å². The number of carbonyl (C=O) groups is 1. The first-order chi connectivity index (χ1) is 12.0. The summed E-state index contributed by atoms with van der Waals surface area (Å²) < 4.78 is 26.8. The molecule has 0 aromatic heterocycles. The van der Waals surface area contributed by atoms with Crippen molar-refractivity contribution in [1.82, 2.24) is 10.0 Å². The summed E-state index contributed by atoms with van der Waals surface area (Å²) in [6.07, 6.45) is 7.17. The Bertz CT molecular complexity index is 703. The lowest BCUT2D eigenvalue weighted by Gasteiger charge is -2.30. The van der Waals surface area contributed by atoms with E-state index in [2.05, 4.69) is 16.6 Å². The van der Waals surface area contributed by atoms with E-state index in [-0.39, 0.29) is 35.8 Å². The predicted octanol–water partition coefficient (Wildman–Crippen LogP) is 2.21. The summed E-state index contributed by atoms with van der Waals surface area (Å²) in [5.74, 6) is 0.102. The van der Waals surface area contributed by atoms with Gasteiger partial charge in [0.1, 0.15) is 0 Å². The molecule has 1 saturated carbocycles. The molecular formula is C18H28ClN3O3S. The van der Waals surface area contributed by atoms with Crippen LogP contribution in [0.2, 0.25) is 0 Å². The van der Waals surface area contributed by atoms with Crippen LogP contribution in [0.5, 0.6) is 0 Å². The summed E-state index contributed by atoms with van der Waals surface area (Å²) >= 11 is 0. The topological polar surface area (TPSA) is 101 Å². The zero-order valence-electron chi connectivity index (χ0n) is 14.8. The van der Waals surface area contributed by atoms with Crippen molar-refractivity contribution in [1.29, 1.82) is 0 Å². The van der Waals surface area contributed by atoms with Gasteiger partial charge in [0.05, 0.1) is 4.90 Å². The smallest absolute Gasteiger partial charge is 0.251 e. The lowest BCUT2D eigenvalue weighted by molar-refractivity contribution is 0.0915. The highest BCUT2D eigenvalue weighted by Crippen LogP contribution is 2.26. The molecule has 1 unspecified atom stereocenters. The van der Waals surface area contributed by atoms with E-state index in [4.69, 9.17) is 5.73 Å². The maximum Gasteiger partial charge on any atom is 0.251 e. The van der Waals surface area contributed by atoms with Crippen molar-refractivity contribution in [3.05, 3.63) is 42.5 Å². The maximum atomic E-state index is 12.6. The monoisotopic (exact) mass is 401 g/mol. The summed E-state index contributed by atoms with van der Waals surface area (Å²) in [5, 5.41) is 2.98. The molecule has 0 heterocycles. The second kappa shape index (κ2) is 10.7. The molecule has 0 spiro atoms. The molecule has 1 aliphatic carbocycles. The van der Waals surface area contributed by atoms with Crippen LogP contribution in [0.15, 0.2) is 41.8 Å². The number of hydrogen-bond donors (Lipinski definition) is 3. The molecule has 4 N–H and O–H groups in total. The van der Waals surface area contributed by atoms with Crippen LogP contribution in [-0.4, -0.2) is 33.5 Å². The summed E-state index contributed by atoms with van der Waals surface area (Å²) in [7, 11) is -3.66. The zero-order chi connectivity index (χ0) is 18.3. The standard InChI is InChI=1S/C18H27N3O3S.ClH/c1-2-11-20-25(23,24)16-10-6-9-15(12-16)18(22)21-17(13-19)14-7-4-3-5-8-14;/h2,6,9-10,12,14,17,20H,1,3-5,7-8,11,13,19H2,(H,21,22);1H. The van der Waals surface area contributed by atoms with E-state index < -0.39 is 10.0 Å². The van der Waals surface area contributed by atoms with E-state index in [0.29, 0.717) is 18.0 Å². The van der Waals surface area contributed by atoms with Gasteiger partial charge in [-0.1, -0.05) is 31.4 Å². The van der Waals surface area contributed by atoms with Crippen LogP contribution >= 0.6 is 12.4 Å². The van der Waals surface area contributed by atoms with Crippen molar-refractivity contribution >= 4 is 28.3 Å². The number of rotatable bonds is 8. The molecule has 6 nitrogen and oxygen atoms in total. The molecule has 1 amide bonds. The molecule has 1 aliphatic rings. The molecular weight excluding hydrogens is 374 g/mol. The maximum absolute atomic E-state index is 12.6. The van der Waals surface area contributed by atoms with Crippen LogP contribution in [-0.2, 0) is 10.0 Å². The Labute approximate surface area is 162 Å². The van der Waals surface area contributed by atoms with Gasteiger partial charge in [0, 0.05) is 24.7 Å². The number of sulfonamides is 1. The number of amides is 1. The minimum atomic E-state index is -3.66. The lowest BCUT2D eigenvalue weighted by Crippen LogP contribution is -2.45. The Hall–Kier alpha value is -1.41. The van der Waals surface area contributed by atoms with E-state index >= 15 is 0 Å². The highest BCUT2D eigenvalue weighted by molar-refractivity contribution is 7.89. The molecule has 1 aromatic carbocycles. The quantitative estimate of drug-likeness (QED) is 0.581. The highest BCUT2D eigenvalue weighted by Gasteiger charge is 2.25. The van der Waals surface area contributed by atoms with Crippen LogP contribution in [0.1, 0.15) is 42.5 Å². The van der Waals surface area contributed by atoms with Gasteiger partial charge in [0.15, 0.2) is 0 Å². The highest BCUT2D eigenvalue weighted by atomic mass is 35.5. The Morgan fingerprint density at radius 2 is 2.00 bits per heavy atom. The number of carbonyl (C=O) groups excluding carboxylic acids is 1. The fraction of sp³-hybridized carbons (Fsp3) is 0.500. The van der Waals surface area contributed by atoms with E-state index in [1.54, 1.807) is 12.1 Å². The fourth-order valence-corrected chi connectivity index (χ4v) is 4.26. The Morgan fingerprint density at radius 1 is 1.31 bits per heavy atom. The third kappa shape index (κ3) is 6.09. The number of nitrogens with two attached hydrogens (primary N) is 1. The molecule has 1 atom stereocenters. The number of hydrogen-bond acceptors (Lipinski definition) is 4. The van der Waals surface area contributed by atoms with Crippen molar-refractivity contribution in [3.63, 3.8) is 0 Å². The molecule has 146 valence electrons. The molecule has 26 heavy (non-hydrogen) atoms. The predicted molar refractivity (Wildman–Crippen MR) is 106 cm³/mol. The largest absolute Gasteiger partial charge is 0.348 e. The summed E-state index contributed by atoms with van der Waals surface area (Å²) in [6.45, 7) is 4.01. The second-order valence-corrected chi connectivity index (χ2v) is 8.15. The number of halogens is 1. The van der Waals surface area contributed by atoms with Crippen LogP contribution < -0.4 is 15.8 Å². The van der Waals surface area contributed by atoms with Gasteiger partial charge in [-0.25, -0.2) is 13.1 Å². The minimum absolute atomic E-state index is 0. The summed E-state index contributed by atoms with van der Waals surface area (Å²) in [5.41, 5.74) is 6.17. The van der Waals surface area contributed by atoms with Crippen molar-refractivity contribution < 1.29 is 13.2 Å². The molecule has 0 saturated heterocycles. The second-order valence-electron chi connectivity index (χ2n) is 6.38. The van der Waals surface area contributed by atoms with E-state index in [9.17, 15) is 13.2 Å². The summed E-state index contributed by atoms with van der Waals surface area (Å²) in [4.78, 5) is 12.6. The van der Waals surface area contributed by atoms with E-state index in [1.165, 1.54) is 37.5 Å². The Kier molecular flexibility index (Phi) is 9.29. The van der Waals surface area contributed by atoms with Gasteiger partial charge < -0.3 is 11.1 Å². The van der Waals surface area contributed by atoms with Gasteiger partial charge in [0.25, 0.3) is 5.91 Å². The van der Waals surface area contributed by atoms with Crippen LogP contribution in [0, 0.1) is 5.92 Å². The van der Waals surface area contributed by atoms with Crippen molar-refractivity contribution in [2.45, 2.75) is 43.0 Å². The van der Waals surface area contributed by atoms with Gasteiger partial charge in [-0.2, -0.15) is 0 Å². The summed E-state index contributed by atoms with van der Waals surface area (Å²) in [6, 6.07) is 5.94. The number of nitrogens with one attached hydrogen (secondary N) is 2. The van der Waals surface area contributed by atoms with Crippen molar-refractivity contribution in [3.8, 4) is 0 Å². The molecule has 0 radical (unpaired) electrons. The van der Waals surface area contributed by atoms with Gasteiger partial charge in [0.2, 0.25) is 10.0 Å². The van der Waals surface area contributed by atoms with Gasteiger partial charge in [-0.3, -0.25) is 4.79 Å². The van der Waals surface area contributed by atoms with Crippen LogP contribution in [0.4, 0.5) is 0 Å². The van der Waals surface area contributed by atoms with Crippen molar-refractivity contribution in [2.24, 2.45) is 11.7 Å². The first-order valence-corrected chi connectivity index (χ1v) is 10.2. The molecule has 0 aliphatic heterocycles. The molecule has 2 rings (SSSR count). The SMILES string of the molecule is C=CCNS(=O)(=O)c1cccc(C(=O)NC(CN)C2CCCCC2)c1.Cl. The first-order valence-electron chi connectivity index (χ1n) is 8.69. The Morgan fingerprint density at radius 3 is 2.62 bits per heavy atom. The van der Waals surface area contributed by atoms with Crippen LogP contribution in [0.3, 0.4) is 0 Å². The lowest BCUT2D eigenvalue weighted by atomic mass is 9.84. The zero-order valence-corrected chi connectivity index (χ0v) is 16.4. The molecule has 1 fully saturated rings. The van der Waals surface area contributed by atoms with Gasteiger partial charge in [-0.15, -0.1) is 19.0 Å². The third-order valence-electron chi connectivity index (χ3n) is 4.61. The molecule has 0 bridgehead atoms. The average Bonchev–Trinajstić information content (AvgIpc) is 2.65. The van der Waals surface area contributed by atoms with Gasteiger partial charge >= 0.3 is 0 Å².